The number of amides is 2. The summed E-state index contributed by atoms with van der Waals surface area (Å²) in [6.45, 7) is 10.1. The zero-order valence-electron chi connectivity index (χ0n) is 19.9. The molecule has 2 aromatic rings. The summed E-state index contributed by atoms with van der Waals surface area (Å²) in [4.78, 5) is 25.6. The number of carbonyl (C=O) groups is 2. The topological polar surface area (TPSA) is 67.4 Å². The van der Waals surface area contributed by atoms with Gasteiger partial charge in [-0.05, 0) is 59.6 Å². The molecule has 0 aliphatic rings. The second-order valence-corrected chi connectivity index (χ2v) is 9.79. The molecule has 0 unspecified atom stereocenters. The third kappa shape index (κ3) is 8.32. The van der Waals surface area contributed by atoms with Gasteiger partial charge in [-0.25, -0.2) is 0 Å². The molecule has 6 heteroatoms. The average molecular weight is 457 g/mol. The molecule has 0 heterocycles. The van der Waals surface area contributed by atoms with Crippen molar-refractivity contribution in [3.8, 4) is 0 Å². The van der Waals surface area contributed by atoms with E-state index in [4.69, 9.17) is 4.74 Å². The SMILES string of the molecule is CCOCc1ccc(CNC(=O)[C@H](CCSC)NC(=O)c2ccc(C(C)(C)C)cc2)cc1. The summed E-state index contributed by atoms with van der Waals surface area (Å²) in [6, 6.07) is 15.0. The van der Waals surface area contributed by atoms with Gasteiger partial charge in [-0.3, -0.25) is 9.59 Å². The molecule has 174 valence electrons. The lowest BCUT2D eigenvalue weighted by atomic mass is 9.86. The molecule has 5 nitrogen and oxygen atoms in total. The van der Waals surface area contributed by atoms with Crippen molar-refractivity contribution in [2.45, 2.75) is 58.7 Å². The Morgan fingerprint density at radius 3 is 2.19 bits per heavy atom. The molecule has 0 aliphatic heterocycles. The molecule has 0 saturated carbocycles. The van der Waals surface area contributed by atoms with Crippen molar-refractivity contribution in [2.24, 2.45) is 0 Å². The Hall–Kier alpha value is -2.31. The molecule has 2 aromatic carbocycles. The van der Waals surface area contributed by atoms with Crippen molar-refractivity contribution in [2.75, 3.05) is 18.6 Å². The van der Waals surface area contributed by atoms with Gasteiger partial charge in [0.25, 0.3) is 5.91 Å². The number of hydrogen-bond acceptors (Lipinski definition) is 4. The molecule has 0 radical (unpaired) electrons. The predicted octanol–water partition coefficient (Wildman–Crippen LogP) is 4.69. The molecule has 0 aliphatic carbocycles. The fourth-order valence-corrected chi connectivity index (χ4v) is 3.62. The maximum Gasteiger partial charge on any atom is 0.251 e. The average Bonchev–Trinajstić information content (AvgIpc) is 2.78. The van der Waals surface area contributed by atoms with Crippen LogP contribution in [0, 0.1) is 0 Å². The highest BCUT2D eigenvalue weighted by atomic mass is 32.2. The van der Waals surface area contributed by atoms with E-state index >= 15 is 0 Å². The van der Waals surface area contributed by atoms with Crippen LogP contribution in [0.4, 0.5) is 0 Å². The molecule has 1 atom stereocenters. The first kappa shape index (κ1) is 25.9. The van der Waals surface area contributed by atoms with Crippen molar-refractivity contribution in [3.05, 3.63) is 70.8 Å². The number of thioether (sulfide) groups is 1. The maximum absolute atomic E-state index is 12.8. The first-order chi connectivity index (χ1) is 15.2. The summed E-state index contributed by atoms with van der Waals surface area (Å²) in [5.41, 5.74) is 3.86. The van der Waals surface area contributed by atoms with Crippen LogP contribution in [0.15, 0.2) is 48.5 Å². The lowest BCUT2D eigenvalue weighted by Crippen LogP contribution is -2.46. The molecule has 0 saturated heterocycles. The molecular formula is C26H36N2O3S. The van der Waals surface area contributed by atoms with Crippen molar-refractivity contribution in [3.63, 3.8) is 0 Å². The van der Waals surface area contributed by atoms with E-state index in [9.17, 15) is 9.59 Å². The molecule has 2 amide bonds. The summed E-state index contributed by atoms with van der Waals surface area (Å²) in [5.74, 6) is 0.386. The summed E-state index contributed by atoms with van der Waals surface area (Å²) in [6.07, 6.45) is 2.57. The van der Waals surface area contributed by atoms with E-state index in [1.54, 1.807) is 11.8 Å². The van der Waals surface area contributed by atoms with Gasteiger partial charge in [0, 0.05) is 18.7 Å². The number of benzene rings is 2. The Labute approximate surface area is 196 Å². The second-order valence-electron chi connectivity index (χ2n) is 8.81. The number of carbonyl (C=O) groups excluding carboxylic acids is 2. The zero-order valence-corrected chi connectivity index (χ0v) is 20.7. The molecule has 2 N–H and O–H groups in total. The number of nitrogens with one attached hydrogen (secondary N) is 2. The maximum atomic E-state index is 12.8. The Balaban J connectivity index is 1.97. The van der Waals surface area contributed by atoms with E-state index in [0.29, 0.717) is 31.7 Å². The van der Waals surface area contributed by atoms with Gasteiger partial charge in [0.2, 0.25) is 5.91 Å². The van der Waals surface area contributed by atoms with Crippen LogP contribution >= 0.6 is 11.8 Å². The van der Waals surface area contributed by atoms with Gasteiger partial charge >= 0.3 is 0 Å². The molecule has 0 aromatic heterocycles. The van der Waals surface area contributed by atoms with Crippen LogP contribution in [-0.4, -0.2) is 36.5 Å². The smallest absolute Gasteiger partial charge is 0.251 e. The van der Waals surface area contributed by atoms with Gasteiger partial charge in [-0.2, -0.15) is 11.8 Å². The van der Waals surface area contributed by atoms with Crippen LogP contribution in [0.3, 0.4) is 0 Å². The van der Waals surface area contributed by atoms with Crippen LogP contribution in [0.2, 0.25) is 0 Å². The normalized spacial score (nSPS) is 12.3. The van der Waals surface area contributed by atoms with Crippen LogP contribution in [0.1, 0.15) is 61.2 Å². The molecule has 2 rings (SSSR count). The van der Waals surface area contributed by atoms with E-state index in [1.165, 1.54) is 0 Å². The molecule has 0 fully saturated rings. The third-order valence-electron chi connectivity index (χ3n) is 5.21. The minimum atomic E-state index is -0.575. The van der Waals surface area contributed by atoms with E-state index in [2.05, 4.69) is 31.4 Å². The van der Waals surface area contributed by atoms with Gasteiger partial charge in [-0.1, -0.05) is 57.2 Å². The standard InChI is InChI=1S/C26H36N2O3S/c1-6-31-18-20-9-7-19(8-10-20)17-27-25(30)23(15-16-32-5)28-24(29)21-11-13-22(14-12-21)26(2,3)4/h7-14,23H,6,15-18H2,1-5H3,(H,27,30)(H,28,29)/t23-/m0/s1. The predicted molar refractivity (Wildman–Crippen MR) is 133 cm³/mol. The second kappa shape index (κ2) is 12.7. The van der Waals surface area contributed by atoms with E-state index in [1.807, 2.05) is 61.7 Å². The first-order valence-electron chi connectivity index (χ1n) is 11.1. The zero-order chi connectivity index (χ0) is 23.6. The number of ether oxygens (including phenoxy) is 1. The number of rotatable bonds is 11. The van der Waals surface area contributed by atoms with E-state index < -0.39 is 6.04 Å². The minimum absolute atomic E-state index is 0.0248. The summed E-state index contributed by atoms with van der Waals surface area (Å²) >= 11 is 1.65. The minimum Gasteiger partial charge on any atom is -0.377 e. The largest absolute Gasteiger partial charge is 0.377 e. The van der Waals surface area contributed by atoms with Crippen molar-refractivity contribution in [1.29, 1.82) is 0 Å². The fourth-order valence-electron chi connectivity index (χ4n) is 3.15. The summed E-state index contributed by atoms with van der Waals surface area (Å²) in [7, 11) is 0. The van der Waals surface area contributed by atoms with Crippen LogP contribution in [-0.2, 0) is 28.1 Å². The summed E-state index contributed by atoms with van der Waals surface area (Å²) in [5, 5.41) is 5.88. The Bertz CT molecular complexity index is 858. The van der Waals surface area contributed by atoms with Crippen molar-refractivity contribution >= 4 is 23.6 Å². The van der Waals surface area contributed by atoms with Crippen LogP contribution in [0.5, 0.6) is 0 Å². The lowest BCUT2D eigenvalue weighted by Gasteiger charge is -2.20. The van der Waals surface area contributed by atoms with Crippen molar-refractivity contribution < 1.29 is 14.3 Å². The Morgan fingerprint density at radius 1 is 1.00 bits per heavy atom. The van der Waals surface area contributed by atoms with Crippen LogP contribution in [0.25, 0.3) is 0 Å². The van der Waals surface area contributed by atoms with Crippen LogP contribution < -0.4 is 10.6 Å². The van der Waals surface area contributed by atoms with E-state index in [-0.39, 0.29) is 17.2 Å². The molecular weight excluding hydrogens is 420 g/mol. The lowest BCUT2D eigenvalue weighted by molar-refractivity contribution is -0.123. The highest BCUT2D eigenvalue weighted by molar-refractivity contribution is 7.98. The Morgan fingerprint density at radius 2 is 1.62 bits per heavy atom. The molecule has 32 heavy (non-hydrogen) atoms. The fraction of sp³-hybridized carbons (Fsp3) is 0.462. The quantitative estimate of drug-likeness (QED) is 0.515. The molecule has 0 bridgehead atoms. The van der Waals surface area contributed by atoms with Crippen molar-refractivity contribution in [1.82, 2.24) is 10.6 Å². The molecule has 0 spiro atoms. The van der Waals surface area contributed by atoms with Gasteiger partial charge in [0.15, 0.2) is 0 Å². The highest BCUT2D eigenvalue weighted by Crippen LogP contribution is 2.22. The third-order valence-corrected chi connectivity index (χ3v) is 5.85. The summed E-state index contributed by atoms with van der Waals surface area (Å²) < 4.78 is 5.41. The van der Waals surface area contributed by atoms with Gasteiger partial charge in [0.1, 0.15) is 6.04 Å². The van der Waals surface area contributed by atoms with Gasteiger partial charge in [-0.15, -0.1) is 0 Å². The van der Waals surface area contributed by atoms with Gasteiger partial charge in [0.05, 0.1) is 6.61 Å². The van der Waals surface area contributed by atoms with Gasteiger partial charge < -0.3 is 15.4 Å². The van der Waals surface area contributed by atoms with E-state index in [0.717, 1.165) is 22.4 Å². The highest BCUT2D eigenvalue weighted by Gasteiger charge is 2.21. The Kier molecular flexibility index (Phi) is 10.3. The monoisotopic (exact) mass is 456 g/mol. The number of hydrogen-bond donors (Lipinski definition) is 2. The first-order valence-corrected chi connectivity index (χ1v) is 12.5.